The van der Waals surface area contributed by atoms with E-state index in [1.54, 1.807) is 20.0 Å². The van der Waals surface area contributed by atoms with Gasteiger partial charge in [0, 0.05) is 20.1 Å². The Kier molecular flexibility index (Phi) is 6.29. The number of carbonyl (C=O) groups is 1. The summed E-state index contributed by atoms with van der Waals surface area (Å²) < 4.78 is 10.4. The number of nitrogens with zero attached hydrogens (tertiary/aromatic N) is 2. The lowest BCUT2D eigenvalue weighted by atomic mass is 9.97. The van der Waals surface area contributed by atoms with Gasteiger partial charge in [0.25, 0.3) is 0 Å². The summed E-state index contributed by atoms with van der Waals surface area (Å²) in [6, 6.07) is 1.73. The quantitative estimate of drug-likeness (QED) is 0.509. The maximum Gasteiger partial charge on any atom is 0.341 e. The zero-order chi connectivity index (χ0) is 17.7. The molecule has 1 aliphatic heterocycles. The molecule has 2 rings (SSSR count). The standard InChI is InChI=1S/C18H29N3O3/c1-12(2)8-14-6-7-21(11-14)18(19-4)20-10-15-9-16(13(3)24-15)17(22)23-5/h9,12,14H,6-8,10-11H2,1-5H3,(H,19,20). The van der Waals surface area contributed by atoms with Crippen molar-refractivity contribution in [1.29, 1.82) is 0 Å². The summed E-state index contributed by atoms with van der Waals surface area (Å²) in [5.41, 5.74) is 0.474. The summed E-state index contributed by atoms with van der Waals surface area (Å²) in [5, 5.41) is 3.33. The minimum Gasteiger partial charge on any atom is -0.465 e. The van der Waals surface area contributed by atoms with E-state index in [1.165, 1.54) is 20.0 Å². The molecule has 2 heterocycles. The molecule has 0 aliphatic carbocycles. The molecule has 1 aromatic heterocycles. The summed E-state index contributed by atoms with van der Waals surface area (Å²) >= 11 is 0. The van der Waals surface area contributed by atoms with E-state index in [9.17, 15) is 4.79 Å². The molecule has 1 unspecified atom stereocenters. The van der Waals surface area contributed by atoms with Gasteiger partial charge < -0.3 is 19.4 Å². The largest absolute Gasteiger partial charge is 0.465 e. The van der Waals surface area contributed by atoms with Crippen LogP contribution in [-0.4, -0.2) is 44.1 Å². The minimum atomic E-state index is -0.372. The number of likely N-dealkylation sites (tertiary alicyclic amines) is 1. The van der Waals surface area contributed by atoms with Crippen molar-refractivity contribution in [3.8, 4) is 0 Å². The number of aliphatic imine (C=N–C) groups is 1. The fourth-order valence-corrected chi connectivity index (χ4v) is 3.33. The van der Waals surface area contributed by atoms with Crippen LogP contribution in [0.25, 0.3) is 0 Å². The number of hydrogen-bond donors (Lipinski definition) is 1. The monoisotopic (exact) mass is 335 g/mol. The molecule has 24 heavy (non-hydrogen) atoms. The lowest BCUT2D eigenvalue weighted by molar-refractivity contribution is 0.0599. The van der Waals surface area contributed by atoms with Crippen LogP contribution >= 0.6 is 0 Å². The van der Waals surface area contributed by atoms with Crippen molar-refractivity contribution in [1.82, 2.24) is 10.2 Å². The average Bonchev–Trinajstić information content (AvgIpc) is 3.13. The predicted octanol–water partition coefficient (Wildman–Crippen LogP) is 2.82. The predicted molar refractivity (Wildman–Crippen MR) is 94.1 cm³/mol. The first-order valence-electron chi connectivity index (χ1n) is 8.57. The molecular formula is C18H29N3O3. The molecule has 0 radical (unpaired) electrons. The van der Waals surface area contributed by atoms with E-state index in [4.69, 9.17) is 9.15 Å². The first-order valence-corrected chi connectivity index (χ1v) is 8.57. The van der Waals surface area contributed by atoms with Crippen LogP contribution in [0.15, 0.2) is 15.5 Å². The highest BCUT2D eigenvalue weighted by atomic mass is 16.5. The van der Waals surface area contributed by atoms with Gasteiger partial charge in [-0.3, -0.25) is 4.99 Å². The van der Waals surface area contributed by atoms with Gasteiger partial charge in [-0.05, 0) is 37.7 Å². The van der Waals surface area contributed by atoms with E-state index in [-0.39, 0.29) is 5.97 Å². The molecule has 0 aromatic carbocycles. The van der Waals surface area contributed by atoms with Gasteiger partial charge in [0.15, 0.2) is 5.96 Å². The van der Waals surface area contributed by atoms with Gasteiger partial charge >= 0.3 is 5.97 Å². The second-order valence-electron chi connectivity index (χ2n) is 6.81. The molecule has 0 amide bonds. The van der Waals surface area contributed by atoms with Gasteiger partial charge in [0.2, 0.25) is 0 Å². The number of nitrogens with one attached hydrogen (secondary N) is 1. The van der Waals surface area contributed by atoms with Gasteiger partial charge in [0.05, 0.1) is 13.7 Å². The Balaban J connectivity index is 1.92. The number of furan rings is 1. The highest BCUT2D eigenvalue weighted by Crippen LogP contribution is 2.23. The van der Waals surface area contributed by atoms with E-state index in [0.29, 0.717) is 23.6 Å². The fourth-order valence-electron chi connectivity index (χ4n) is 3.33. The smallest absolute Gasteiger partial charge is 0.341 e. The summed E-state index contributed by atoms with van der Waals surface area (Å²) in [7, 11) is 3.17. The summed E-state index contributed by atoms with van der Waals surface area (Å²) in [4.78, 5) is 18.3. The first-order chi connectivity index (χ1) is 11.4. The van der Waals surface area contributed by atoms with E-state index < -0.39 is 0 Å². The van der Waals surface area contributed by atoms with Crippen molar-refractivity contribution in [2.24, 2.45) is 16.8 Å². The molecule has 1 fully saturated rings. The first kappa shape index (κ1) is 18.4. The highest BCUT2D eigenvalue weighted by Gasteiger charge is 2.25. The summed E-state index contributed by atoms with van der Waals surface area (Å²) in [5.74, 6) is 3.25. The SMILES string of the molecule is CN=C(NCc1cc(C(=O)OC)c(C)o1)N1CCC(CC(C)C)C1. The van der Waals surface area contributed by atoms with Crippen LogP contribution in [-0.2, 0) is 11.3 Å². The van der Waals surface area contributed by atoms with Crippen LogP contribution in [0.2, 0.25) is 0 Å². The number of esters is 1. The van der Waals surface area contributed by atoms with Crippen LogP contribution in [0.5, 0.6) is 0 Å². The maximum absolute atomic E-state index is 11.6. The van der Waals surface area contributed by atoms with Crippen molar-refractivity contribution in [3.05, 3.63) is 23.2 Å². The van der Waals surface area contributed by atoms with E-state index in [1.807, 2.05) is 0 Å². The van der Waals surface area contributed by atoms with Gasteiger partial charge in [-0.1, -0.05) is 13.8 Å². The lowest BCUT2D eigenvalue weighted by Gasteiger charge is -2.21. The van der Waals surface area contributed by atoms with Crippen LogP contribution in [0, 0.1) is 18.8 Å². The number of hydrogen-bond acceptors (Lipinski definition) is 4. The van der Waals surface area contributed by atoms with E-state index in [0.717, 1.165) is 30.9 Å². The fraction of sp³-hybridized carbons (Fsp3) is 0.667. The molecule has 1 aromatic rings. The van der Waals surface area contributed by atoms with Crippen molar-refractivity contribution in [2.75, 3.05) is 27.2 Å². The van der Waals surface area contributed by atoms with E-state index in [2.05, 4.69) is 29.1 Å². The third-order valence-corrected chi connectivity index (χ3v) is 4.40. The molecule has 6 nitrogen and oxygen atoms in total. The van der Waals surface area contributed by atoms with Crippen LogP contribution < -0.4 is 5.32 Å². The highest BCUT2D eigenvalue weighted by molar-refractivity contribution is 5.90. The van der Waals surface area contributed by atoms with Crippen molar-refractivity contribution >= 4 is 11.9 Å². The Labute approximate surface area is 144 Å². The number of ether oxygens (including phenoxy) is 1. The zero-order valence-electron chi connectivity index (χ0n) is 15.4. The molecule has 1 N–H and O–H groups in total. The maximum atomic E-state index is 11.6. The van der Waals surface area contributed by atoms with Crippen molar-refractivity contribution < 1.29 is 13.9 Å². The van der Waals surface area contributed by atoms with Gasteiger partial charge in [-0.15, -0.1) is 0 Å². The molecule has 6 heteroatoms. The number of carbonyl (C=O) groups excluding carboxylic acids is 1. The molecule has 1 atom stereocenters. The minimum absolute atomic E-state index is 0.372. The van der Waals surface area contributed by atoms with E-state index >= 15 is 0 Å². The number of guanidine groups is 1. The van der Waals surface area contributed by atoms with Crippen LogP contribution in [0.1, 0.15) is 48.6 Å². The average molecular weight is 335 g/mol. The lowest BCUT2D eigenvalue weighted by Crippen LogP contribution is -2.39. The number of methoxy groups -OCH3 is 1. The molecule has 1 aliphatic rings. The van der Waals surface area contributed by atoms with Gasteiger partial charge in [-0.2, -0.15) is 0 Å². The molecule has 0 spiro atoms. The third-order valence-electron chi connectivity index (χ3n) is 4.40. The second kappa shape index (κ2) is 8.22. The molecular weight excluding hydrogens is 306 g/mol. The zero-order valence-corrected chi connectivity index (χ0v) is 15.4. The van der Waals surface area contributed by atoms with Crippen LogP contribution in [0.4, 0.5) is 0 Å². The Morgan fingerprint density at radius 2 is 2.29 bits per heavy atom. The van der Waals surface area contributed by atoms with Crippen molar-refractivity contribution in [2.45, 2.75) is 40.2 Å². The number of aryl methyl sites for hydroxylation is 1. The Bertz CT molecular complexity index is 592. The molecule has 134 valence electrons. The Morgan fingerprint density at radius 3 is 2.92 bits per heavy atom. The summed E-state index contributed by atoms with van der Waals surface area (Å²) in [6.45, 7) is 8.88. The summed E-state index contributed by atoms with van der Waals surface area (Å²) in [6.07, 6.45) is 2.47. The number of rotatable bonds is 5. The van der Waals surface area contributed by atoms with Crippen molar-refractivity contribution in [3.63, 3.8) is 0 Å². The second-order valence-corrected chi connectivity index (χ2v) is 6.81. The molecule has 0 bridgehead atoms. The third kappa shape index (κ3) is 4.52. The Hall–Kier alpha value is -1.98. The Morgan fingerprint density at radius 1 is 1.54 bits per heavy atom. The molecule has 0 saturated carbocycles. The van der Waals surface area contributed by atoms with Crippen LogP contribution in [0.3, 0.4) is 0 Å². The normalized spacial score (nSPS) is 18.3. The van der Waals surface area contributed by atoms with Gasteiger partial charge in [0.1, 0.15) is 17.1 Å². The molecule has 1 saturated heterocycles. The topological polar surface area (TPSA) is 67.1 Å². The van der Waals surface area contributed by atoms with Gasteiger partial charge in [-0.25, -0.2) is 4.79 Å².